The SMILES string of the molecule is COC(=O)Nc1nc(C)c(S(=O)(=O)N2CCN(C[C@H](C)Nc3ncnc4c(-c5cccnc5)csc34)CC2)s1. The number of ether oxygens (including phenoxy) is 1. The lowest BCUT2D eigenvalue weighted by Gasteiger charge is -2.35. The van der Waals surface area contributed by atoms with Crippen LogP contribution in [0.3, 0.4) is 0 Å². The summed E-state index contributed by atoms with van der Waals surface area (Å²) in [5, 5.41) is 8.21. The molecule has 0 unspecified atom stereocenters. The van der Waals surface area contributed by atoms with Crippen LogP contribution < -0.4 is 10.6 Å². The summed E-state index contributed by atoms with van der Waals surface area (Å²) in [7, 11) is -2.49. The lowest BCUT2D eigenvalue weighted by Crippen LogP contribution is -2.50. The van der Waals surface area contributed by atoms with Gasteiger partial charge in [0, 0.05) is 67.7 Å². The third-order valence-electron chi connectivity index (χ3n) is 6.30. The van der Waals surface area contributed by atoms with Gasteiger partial charge in [0.2, 0.25) is 0 Å². The van der Waals surface area contributed by atoms with Crippen LogP contribution in [0.5, 0.6) is 0 Å². The van der Waals surface area contributed by atoms with Gasteiger partial charge in [0.05, 0.1) is 23.0 Å². The number of methoxy groups -OCH3 is 1. The van der Waals surface area contributed by atoms with E-state index in [0.29, 0.717) is 31.9 Å². The van der Waals surface area contributed by atoms with Crippen molar-refractivity contribution in [2.75, 3.05) is 50.5 Å². The van der Waals surface area contributed by atoms with E-state index in [1.807, 2.05) is 18.3 Å². The van der Waals surface area contributed by atoms with E-state index in [2.05, 4.69) is 52.5 Å². The number of nitrogens with one attached hydrogen (secondary N) is 2. The molecule has 1 aliphatic heterocycles. The highest BCUT2D eigenvalue weighted by Crippen LogP contribution is 2.35. The zero-order valence-electron chi connectivity index (χ0n) is 21.6. The van der Waals surface area contributed by atoms with E-state index in [1.165, 1.54) is 11.4 Å². The molecule has 1 saturated heterocycles. The Morgan fingerprint density at radius 2 is 2.03 bits per heavy atom. The van der Waals surface area contributed by atoms with Gasteiger partial charge in [-0.15, -0.1) is 11.3 Å². The van der Waals surface area contributed by atoms with Crippen LogP contribution in [0.4, 0.5) is 15.7 Å². The van der Waals surface area contributed by atoms with Gasteiger partial charge in [-0.25, -0.2) is 28.2 Å². The second-order valence-electron chi connectivity index (χ2n) is 9.05. The van der Waals surface area contributed by atoms with Crippen molar-refractivity contribution in [2.24, 2.45) is 0 Å². The first-order valence-corrected chi connectivity index (χ1v) is 15.3. The van der Waals surface area contributed by atoms with E-state index in [0.717, 1.165) is 45.0 Å². The number of aryl methyl sites for hydroxylation is 1. The summed E-state index contributed by atoms with van der Waals surface area (Å²) in [6.07, 6.45) is 4.45. The van der Waals surface area contributed by atoms with Crippen molar-refractivity contribution in [3.63, 3.8) is 0 Å². The standard InChI is InChI=1S/C24H28N8O4S3/c1-15(28-21-20-19(26-14-27-21)18(13-37-20)17-5-4-6-25-11-17)12-31-7-9-32(10-8-31)39(34,35)22-16(2)29-23(38-22)30-24(33)36-3/h4-6,11,13-15H,7-10,12H2,1-3H3,(H,26,27,28)(H,29,30,33)/t15-/m0/s1. The highest BCUT2D eigenvalue weighted by atomic mass is 32.2. The number of amides is 1. The van der Waals surface area contributed by atoms with Crippen LogP contribution in [0.1, 0.15) is 12.6 Å². The molecule has 5 rings (SSSR count). The first-order chi connectivity index (χ1) is 18.8. The van der Waals surface area contributed by atoms with Gasteiger partial charge in [0.1, 0.15) is 12.1 Å². The first kappa shape index (κ1) is 27.3. The lowest BCUT2D eigenvalue weighted by molar-refractivity contribution is 0.184. The Labute approximate surface area is 234 Å². The third-order valence-corrected chi connectivity index (χ3v) is 10.8. The number of thiophene rings is 1. The molecular weight excluding hydrogens is 561 g/mol. The van der Waals surface area contributed by atoms with E-state index in [1.54, 1.807) is 30.8 Å². The summed E-state index contributed by atoms with van der Waals surface area (Å²) in [5.41, 5.74) is 3.28. The predicted octanol–water partition coefficient (Wildman–Crippen LogP) is 3.50. The van der Waals surface area contributed by atoms with Crippen LogP contribution in [0.2, 0.25) is 0 Å². The number of anilines is 2. The Morgan fingerprint density at radius 1 is 1.23 bits per heavy atom. The molecule has 1 fully saturated rings. The van der Waals surface area contributed by atoms with Gasteiger partial charge in [0.25, 0.3) is 10.0 Å². The molecule has 0 aromatic carbocycles. The molecule has 1 aliphatic rings. The average Bonchev–Trinajstić information content (AvgIpc) is 3.53. The molecule has 5 heterocycles. The summed E-state index contributed by atoms with van der Waals surface area (Å²) >= 11 is 2.52. The fourth-order valence-corrected chi connectivity index (χ4v) is 8.37. The van der Waals surface area contributed by atoms with Crippen LogP contribution >= 0.6 is 22.7 Å². The Balaban J connectivity index is 1.20. The molecule has 39 heavy (non-hydrogen) atoms. The molecule has 206 valence electrons. The fraction of sp³-hybridized carbons (Fsp3) is 0.375. The maximum Gasteiger partial charge on any atom is 0.413 e. The van der Waals surface area contributed by atoms with Gasteiger partial charge in [-0.3, -0.25) is 15.2 Å². The Kier molecular flexibility index (Phi) is 8.04. The van der Waals surface area contributed by atoms with Gasteiger partial charge in [-0.1, -0.05) is 17.4 Å². The zero-order chi connectivity index (χ0) is 27.6. The molecule has 0 spiro atoms. The van der Waals surface area contributed by atoms with E-state index in [-0.39, 0.29) is 15.4 Å². The van der Waals surface area contributed by atoms with Crippen molar-refractivity contribution in [1.82, 2.24) is 29.1 Å². The number of carbonyl (C=O) groups is 1. The molecule has 4 aromatic heterocycles. The minimum absolute atomic E-state index is 0.0749. The Morgan fingerprint density at radius 3 is 2.74 bits per heavy atom. The van der Waals surface area contributed by atoms with E-state index >= 15 is 0 Å². The summed E-state index contributed by atoms with van der Waals surface area (Å²) < 4.78 is 33.7. The largest absolute Gasteiger partial charge is 0.453 e. The number of sulfonamides is 1. The van der Waals surface area contributed by atoms with Gasteiger partial charge in [0.15, 0.2) is 9.34 Å². The molecule has 15 heteroatoms. The van der Waals surface area contributed by atoms with Crippen molar-refractivity contribution in [1.29, 1.82) is 0 Å². The van der Waals surface area contributed by atoms with E-state index in [9.17, 15) is 13.2 Å². The normalized spacial score (nSPS) is 15.8. The highest BCUT2D eigenvalue weighted by Gasteiger charge is 2.32. The van der Waals surface area contributed by atoms with E-state index < -0.39 is 16.1 Å². The highest BCUT2D eigenvalue weighted by molar-refractivity contribution is 7.91. The molecular formula is C24H28N8O4S3. The van der Waals surface area contributed by atoms with E-state index in [4.69, 9.17) is 0 Å². The third kappa shape index (κ3) is 5.86. The number of aromatic nitrogens is 4. The fourth-order valence-electron chi connectivity index (χ4n) is 4.43. The average molecular weight is 589 g/mol. The molecule has 0 bridgehead atoms. The van der Waals surface area contributed by atoms with Crippen LogP contribution in [-0.4, -0.2) is 89.5 Å². The number of carbonyl (C=O) groups excluding carboxylic acids is 1. The quantitative estimate of drug-likeness (QED) is 0.314. The van der Waals surface area contributed by atoms with Crippen molar-refractivity contribution in [3.8, 4) is 11.1 Å². The maximum absolute atomic E-state index is 13.3. The topological polar surface area (TPSA) is 143 Å². The van der Waals surface area contributed by atoms with Gasteiger partial charge >= 0.3 is 6.09 Å². The lowest BCUT2D eigenvalue weighted by atomic mass is 10.1. The summed E-state index contributed by atoms with van der Waals surface area (Å²) in [5.74, 6) is 0.783. The molecule has 4 aromatic rings. The number of hydrogen-bond donors (Lipinski definition) is 2. The molecule has 0 saturated carbocycles. The van der Waals surface area contributed by atoms with Gasteiger partial charge in [-0.05, 0) is 19.9 Å². The molecule has 1 amide bonds. The zero-order valence-corrected chi connectivity index (χ0v) is 24.1. The van der Waals surface area contributed by atoms with Crippen LogP contribution in [0.15, 0.2) is 40.4 Å². The summed E-state index contributed by atoms with van der Waals surface area (Å²) in [6, 6.07) is 4.00. The second-order valence-corrected chi connectivity index (χ2v) is 13.1. The van der Waals surface area contributed by atoms with Crippen LogP contribution in [-0.2, 0) is 14.8 Å². The van der Waals surface area contributed by atoms with Crippen molar-refractivity contribution in [3.05, 3.63) is 41.9 Å². The molecule has 1 atom stereocenters. The monoisotopic (exact) mass is 588 g/mol. The number of nitrogens with zero attached hydrogens (tertiary/aromatic N) is 6. The predicted molar refractivity (Wildman–Crippen MR) is 152 cm³/mol. The van der Waals surface area contributed by atoms with Crippen LogP contribution in [0, 0.1) is 6.92 Å². The number of piperazine rings is 1. The minimum Gasteiger partial charge on any atom is -0.453 e. The minimum atomic E-state index is -3.72. The number of fused-ring (bicyclic) bond motifs is 1. The van der Waals surface area contributed by atoms with Gasteiger partial charge < -0.3 is 10.1 Å². The molecule has 0 aliphatic carbocycles. The number of rotatable bonds is 8. The number of pyridine rings is 1. The van der Waals surface area contributed by atoms with Gasteiger partial charge in [-0.2, -0.15) is 4.31 Å². The Hall–Kier alpha value is -3.24. The second kappa shape index (κ2) is 11.5. The molecule has 0 radical (unpaired) electrons. The summed E-state index contributed by atoms with van der Waals surface area (Å²) in [4.78, 5) is 31.1. The van der Waals surface area contributed by atoms with Crippen molar-refractivity contribution < 1.29 is 17.9 Å². The first-order valence-electron chi connectivity index (χ1n) is 12.2. The maximum atomic E-state index is 13.3. The van der Waals surface area contributed by atoms with Crippen molar-refractivity contribution in [2.45, 2.75) is 24.1 Å². The Bertz CT molecular complexity index is 1570. The molecule has 12 nitrogen and oxygen atoms in total. The number of thiazole rings is 1. The summed E-state index contributed by atoms with van der Waals surface area (Å²) in [6.45, 7) is 6.36. The smallest absolute Gasteiger partial charge is 0.413 e. The number of hydrogen-bond acceptors (Lipinski definition) is 12. The molecule has 2 N–H and O–H groups in total. The van der Waals surface area contributed by atoms with Crippen LogP contribution in [0.25, 0.3) is 21.3 Å². The van der Waals surface area contributed by atoms with Crippen molar-refractivity contribution >= 4 is 60.0 Å².